The van der Waals surface area contributed by atoms with Crippen molar-refractivity contribution in [2.75, 3.05) is 5.75 Å². The molecule has 0 saturated heterocycles. The molecule has 14 heavy (non-hydrogen) atoms. The second kappa shape index (κ2) is 4.48. The lowest BCUT2D eigenvalue weighted by Gasteiger charge is -2.08. The molecule has 0 bridgehead atoms. The molecule has 1 heterocycles. The smallest absolute Gasteiger partial charge is 0.335 e. The summed E-state index contributed by atoms with van der Waals surface area (Å²) in [6, 6.07) is 5.01. The summed E-state index contributed by atoms with van der Waals surface area (Å²) in [6.07, 6.45) is 1.79. The average molecular weight is 230 g/mol. The van der Waals surface area contributed by atoms with E-state index in [-0.39, 0.29) is 12.4 Å². The van der Waals surface area contributed by atoms with Gasteiger partial charge in [0.25, 0.3) is 0 Å². The van der Waals surface area contributed by atoms with E-state index in [1.165, 1.54) is 0 Å². The standard InChI is InChI=1S/C9H7NO2S.ClH/c11-9(12)6-1-2-8-7(5-6)10-3-4-13-8;/h1-3,5H,4H2,(H,11,12);1H. The molecule has 0 aliphatic carbocycles. The quantitative estimate of drug-likeness (QED) is 0.805. The molecule has 74 valence electrons. The van der Waals surface area contributed by atoms with E-state index in [1.54, 1.807) is 36.2 Å². The number of benzene rings is 1. The Morgan fingerprint density at radius 3 is 3.00 bits per heavy atom. The minimum Gasteiger partial charge on any atom is -0.478 e. The van der Waals surface area contributed by atoms with Gasteiger partial charge in [0.2, 0.25) is 0 Å². The van der Waals surface area contributed by atoms with Crippen molar-refractivity contribution >= 4 is 42.0 Å². The second-order valence-electron chi connectivity index (χ2n) is 2.61. The van der Waals surface area contributed by atoms with Gasteiger partial charge in [-0.25, -0.2) is 4.79 Å². The fraction of sp³-hybridized carbons (Fsp3) is 0.111. The number of halogens is 1. The van der Waals surface area contributed by atoms with E-state index in [4.69, 9.17) is 5.11 Å². The summed E-state index contributed by atoms with van der Waals surface area (Å²) in [6.45, 7) is 0. The number of carbonyl (C=O) groups is 1. The monoisotopic (exact) mass is 229 g/mol. The maximum absolute atomic E-state index is 10.6. The van der Waals surface area contributed by atoms with Gasteiger partial charge in [-0.3, -0.25) is 4.99 Å². The number of aromatic carboxylic acids is 1. The van der Waals surface area contributed by atoms with Crippen molar-refractivity contribution in [2.45, 2.75) is 4.90 Å². The van der Waals surface area contributed by atoms with Gasteiger partial charge in [0.15, 0.2) is 0 Å². The molecule has 1 N–H and O–H groups in total. The van der Waals surface area contributed by atoms with Crippen LogP contribution in [-0.4, -0.2) is 23.0 Å². The number of nitrogens with zero attached hydrogens (tertiary/aromatic N) is 1. The fourth-order valence-electron chi connectivity index (χ4n) is 1.14. The van der Waals surface area contributed by atoms with Gasteiger partial charge in [-0.05, 0) is 18.2 Å². The summed E-state index contributed by atoms with van der Waals surface area (Å²) in [5.41, 5.74) is 1.05. The van der Waals surface area contributed by atoms with Crippen molar-refractivity contribution in [2.24, 2.45) is 4.99 Å². The zero-order valence-electron chi connectivity index (χ0n) is 7.14. The first-order chi connectivity index (χ1) is 6.27. The lowest BCUT2D eigenvalue weighted by Crippen LogP contribution is -1.97. The van der Waals surface area contributed by atoms with Gasteiger partial charge in [-0.15, -0.1) is 24.2 Å². The molecule has 0 saturated carbocycles. The van der Waals surface area contributed by atoms with Crippen LogP contribution in [0.5, 0.6) is 0 Å². The molecule has 0 atom stereocenters. The van der Waals surface area contributed by atoms with E-state index in [2.05, 4.69) is 4.99 Å². The third-order valence-electron chi connectivity index (χ3n) is 1.75. The van der Waals surface area contributed by atoms with Gasteiger partial charge in [-0.2, -0.15) is 0 Å². The first-order valence-electron chi connectivity index (χ1n) is 3.80. The molecule has 1 aliphatic heterocycles. The molecule has 1 aromatic carbocycles. The van der Waals surface area contributed by atoms with Crippen LogP contribution in [0.15, 0.2) is 28.1 Å². The fourth-order valence-corrected chi connectivity index (χ4v) is 1.89. The number of thioether (sulfide) groups is 1. The minimum atomic E-state index is -0.909. The van der Waals surface area contributed by atoms with Crippen molar-refractivity contribution in [3.63, 3.8) is 0 Å². The molecule has 0 fully saturated rings. The van der Waals surface area contributed by atoms with Crippen LogP contribution in [0, 0.1) is 0 Å². The maximum Gasteiger partial charge on any atom is 0.335 e. The van der Waals surface area contributed by atoms with Crippen molar-refractivity contribution < 1.29 is 9.90 Å². The van der Waals surface area contributed by atoms with Crippen molar-refractivity contribution in [3.8, 4) is 0 Å². The van der Waals surface area contributed by atoms with Crippen LogP contribution >= 0.6 is 24.2 Å². The molecule has 1 aliphatic rings. The minimum absolute atomic E-state index is 0. The van der Waals surface area contributed by atoms with Crippen LogP contribution in [0.25, 0.3) is 0 Å². The first-order valence-corrected chi connectivity index (χ1v) is 4.78. The Hall–Kier alpha value is -1.00. The number of carboxylic acids is 1. The highest BCUT2D eigenvalue weighted by atomic mass is 35.5. The molecule has 5 heteroatoms. The second-order valence-corrected chi connectivity index (χ2v) is 3.67. The predicted molar refractivity (Wildman–Crippen MR) is 59.5 cm³/mol. The number of aliphatic imine (C=N–C) groups is 1. The van der Waals surface area contributed by atoms with Crippen LogP contribution in [-0.2, 0) is 0 Å². The summed E-state index contributed by atoms with van der Waals surface area (Å²) in [5.74, 6) is -0.0482. The molecular formula is C9H8ClNO2S. The number of rotatable bonds is 1. The van der Waals surface area contributed by atoms with Crippen molar-refractivity contribution in [1.82, 2.24) is 0 Å². The van der Waals surface area contributed by atoms with Crippen LogP contribution < -0.4 is 0 Å². The van der Waals surface area contributed by atoms with E-state index in [1.807, 2.05) is 0 Å². The third kappa shape index (κ3) is 2.08. The molecule has 0 amide bonds. The third-order valence-corrected chi connectivity index (χ3v) is 2.72. The number of hydrogen-bond donors (Lipinski definition) is 1. The van der Waals surface area contributed by atoms with Gasteiger partial charge >= 0.3 is 5.97 Å². The maximum atomic E-state index is 10.6. The highest BCUT2D eigenvalue weighted by Crippen LogP contribution is 2.32. The molecule has 0 radical (unpaired) electrons. The first kappa shape index (κ1) is 11.1. The highest BCUT2D eigenvalue weighted by Gasteiger charge is 2.09. The zero-order chi connectivity index (χ0) is 9.26. The summed E-state index contributed by atoms with van der Waals surface area (Å²) in [7, 11) is 0. The molecule has 0 spiro atoms. The van der Waals surface area contributed by atoms with Gasteiger partial charge in [0, 0.05) is 16.9 Å². The number of fused-ring (bicyclic) bond motifs is 1. The van der Waals surface area contributed by atoms with Crippen molar-refractivity contribution in [1.29, 1.82) is 0 Å². The lowest BCUT2D eigenvalue weighted by atomic mass is 10.2. The summed E-state index contributed by atoms with van der Waals surface area (Å²) >= 11 is 1.67. The number of carboxylic acid groups (broad SMARTS) is 1. The van der Waals surface area contributed by atoms with E-state index >= 15 is 0 Å². The molecule has 0 aromatic heterocycles. The van der Waals surface area contributed by atoms with Gasteiger partial charge in [0.05, 0.1) is 11.3 Å². The van der Waals surface area contributed by atoms with Crippen LogP contribution in [0.1, 0.15) is 10.4 Å². The molecule has 1 aromatic rings. The average Bonchev–Trinajstić information content (AvgIpc) is 2.17. The molecule has 0 unspecified atom stereocenters. The molecular weight excluding hydrogens is 222 g/mol. The molecule has 3 nitrogen and oxygen atoms in total. The Morgan fingerprint density at radius 1 is 1.50 bits per heavy atom. The van der Waals surface area contributed by atoms with E-state index in [0.29, 0.717) is 5.56 Å². The summed E-state index contributed by atoms with van der Waals surface area (Å²) in [4.78, 5) is 15.8. The van der Waals surface area contributed by atoms with Crippen LogP contribution in [0.3, 0.4) is 0 Å². The Morgan fingerprint density at radius 2 is 2.29 bits per heavy atom. The van der Waals surface area contributed by atoms with E-state index in [0.717, 1.165) is 16.3 Å². The van der Waals surface area contributed by atoms with Crippen molar-refractivity contribution in [3.05, 3.63) is 23.8 Å². The Labute approximate surface area is 91.6 Å². The Bertz CT molecular complexity index is 392. The summed E-state index contributed by atoms with van der Waals surface area (Å²) in [5, 5.41) is 8.73. The van der Waals surface area contributed by atoms with Crippen LogP contribution in [0.2, 0.25) is 0 Å². The largest absolute Gasteiger partial charge is 0.478 e. The Kier molecular flexibility index (Phi) is 3.55. The normalized spacial score (nSPS) is 12.9. The van der Waals surface area contributed by atoms with E-state index in [9.17, 15) is 4.79 Å². The van der Waals surface area contributed by atoms with Crippen LogP contribution in [0.4, 0.5) is 5.69 Å². The SMILES string of the molecule is Cl.O=C(O)c1ccc2c(c1)N=CCS2. The number of hydrogen-bond acceptors (Lipinski definition) is 3. The predicted octanol–water partition coefficient (Wildman–Crippen LogP) is 2.61. The van der Waals surface area contributed by atoms with E-state index < -0.39 is 5.97 Å². The van der Waals surface area contributed by atoms with Gasteiger partial charge < -0.3 is 5.11 Å². The highest BCUT2D eigenvalue weighted by molar-refractivity contribution is 8.00. The lowest BCUT2D eigenvalue weighted by molar-refractivity contribution is 0.0697. The van der Waals surface area contributed by atoms with Gasteiger partial charge in [0.1, 0.15) is 0 Å². The zero-order valence-corrected chi connectivity index (χ0v) is 8.77. The molecule has 2 rings (SSSR count). The topological polar surface area (TPSA) is 49.7 Å². The Balaban J connectivity index is 0.000000980. The van der Waals surface area contributed by atoms with Gasteiger partial charge in [-0.1, -0.05) is 0 Å². The summed E-state index contributed by atoms with van der Waals surface area (Å²) < 4.78 is 0.